The first-order chi connectivity index (χ1) is 19.3. The molecule has 1 aliphatic rings. The zero-order valence-corrected chi connectivity index (χ0v) is 24.6. The lowest BCUT2D eigenvalue weighted by Gasteiger charge is -2.28. The van der Waals surface area contributed by atoms with Gasteiger partial charge in [0.05, 0.1) is 11.7 Å². The highest BCUT2D eigenvalue weighted by Crippen LogP contribution is 2.38. The fourth-order valence-electron chi connectivity index (χ4n) is 4.29. The number of anilines is 1. The molecule has 206 valence electrons. The molecule has 40 heavy (non-hydrogen) atoms. The number of rotatable bonds is 9. The van der Waals surface area contributed by atoms with E-state index in [1.54, 1.807) is 22.9 Å². The molecule has 0 spiro atoms. The van der Waals surface area contributed by atoms with Gasteiger partial charge in [0.25, 0.3) is 0 Å². The van der Waals surface area contributed by atoms with Crippen molar-refractivity contribution >= 4 is 39.6 Å². The Morgan fingerprint density at radius 2 is 1.82 bits per heavy atom. The van der Waals surface area contributed by atoms with Crippen molar-refractivity contribution in [3.63, 3.8) is 0 Å². The Morgan fingerprint density at radius 1 is 1.10 bits per heavy atom. The summed E-state index contributed by atoms with van der Waals surface area (Å²) in [6.45, 7) is 5.88. The van der Waals surface area contributed by atoms with Crippen LogP contribution in [-0.2, 0) is 21.9 Å². The van der Waals surface area contributed by atoms with Gasteiger partial charge in [0.1, 0.15) is 24.2 Å². The van der Waals surface area contributed by atoms with E-state index in [-0.39, 0.29) is 11.9 Å². The number of carbonyl (C=O) groups excluding carboxylic acids is 1. The third-order valence-corrected chi connectivity index (χ3v) is 7.64. The summed E-state index contributed by atoms with van der Waals surface area (Å²) >= 11 is 4.77. The van der Waals surface area contributed by atoms with Crippen molar-refractivity contribution in [2.45, 2.75) is 50.4 Å². The first-order valence-electron chi connectivity index (χ1n) is 12.8. The number of thioether (sulfide) groups is 1. The zero-order chi connectivity index (χ0) is 28.2. The summed E-state index contributed by atoms with van der Waals surface area (Å²) in [7, 11) is 0. The van der Waals surface area contributed by atoms with E-state index in [1.165, 1.54) is 17.8 Å². The van der Waals surface area contributed by atoms with Gasteiger partial charge in [0.15, 0.2) is 0 Å². The predicted octanol–water partition coefficient (Wildman–Crippen LogP) is 7.29. The Kier molecular flexibility index (Phi) is 8.56. The van der Waals surface area contributed by atoms with Crippen LogP contribution in [-0.4, -0.2) is 26.8 Å². The van der Waals surface area contributed by atoms with Crippen LogP contribution in [0.4, 0.5) is 10.3 Å². The van der Waals surface area contributed by atoms with E-state index in [9.17, 15) is 9.18 Å². The number of carbonyl (C=O) groups is 1. The number of fused-ring (bicyclic) bond motifs is 1. The number of esters is 1. The number of hydrogen-bond acceptors (Lipinski definition) is 7. The van der Waals surface area contributed by atoms with Crippen molar-refractivity contribution < 1.29 is 18.7 Å². The van der Waals surface area contributed by atoms with E-state index in [4.69, 9.17) is 14.6 Å². The fourth-order valence-corrected chi connectivity index (χ4v) is 5.37. The highest BCUT2D eigenvalue weighted by molar-refractivity contribution is 9.10. The minimum Gasteiger partial charge on any atom is -0.489 e. The smallest absolute Gasteiger partial charge is 0.338 e. The number of nitrogens with one attached hydrogen (secondary N) is 1. The van der Waals surface area contributed by atoms with Crippen LogP contribution in [0, 0.1) is 5.82 Å². The van der Waals surface area contributed by atoms with Gasteiger partial charge < -0.3 is 14.8 Å². The first kappa shape index (κ1) is 27.9. The van der Waals surface area contributed by atoms with Gasteiger partial charge in [-0.15, -0.1) is 5.10 Å². The molecule has 1 atom stereocenters. The van der Waals surface area contributed by atoms with Crippen molar-refractivity contribution in [2.24, 2.45) is 0 Å². The third-order valence-electron chi connectivity index (χ3n) is 6.23. The van der Waals surface area contributed by atoms with Crippen molar-refractivity contribution in [1.82, 2.24) is 14.8 Å². The summed E-state index contributed by atoms with van der Waals surface area (Å²) < 4.78 is 28.4. The van der Waals surface area contributed by atoms with Crippen molar-refractivity contribution in [2.75, 3.05) is 5.32 Å². The molecule has 1 N–H and O–H groups in total. The molecule has 3 aromatic carbocycles. The molecule has 0 fully saturated rings. The van der Waals surface area contributed by atoms with Gasteiger partial charge in [-0.2, -0.15) is 4.98 Å². The molecular weight excluding hydrogens is 595 g/mol. The van der Waals surface area contributed by atoms with Crippen LogP contribution in [0.25, 0.3) is 0 Å². The van der Waals surface area contributed by atoms with Crippen LogP contribution in [0.5, 0.6) is 5.75 Å². The fraction of sp³-hybridized carbons (Fsp3) is 0.233. The van der Waals surface area contributed by atoms with Crippen molar-refractivity contribution in [3.05, 3.63) is 111 Å². The summed E-state index contributed by atoms with van der Waals surface area (Å²) in [4.78, 5) is 17.9. The maximum atomic E-state index is 14.2. The van der Waals surface area contributed by atoms with Crippen LogP contribution in [0.15, 0.2) is 93.7 Å². The number of hydrogen-bond donors (Lipinski definition) is 1. The van der Waals surface area contributed by atoms with Crippen LogP contribution in [0.1, 0.15) is 43.5 Å². The minimum atomic E-state index is -0.571. The molecule has 0 aliphatic carbocycles. The zero-order valence-electron chi connectivity index (χ0n) is 22.2. The second kappa shape index (κ2) is 12.3. The maximum Gasteiger partial charge on any atom is 0.338 e. The SMILES string of the molecule is CC1=C(C(=O)OC(C)C)C(c2ccc(OCc3ccc(Br)cc3)cc2)n2nc(SCc3ccccc3F)nc2N1. The number of nitrogens with zero attached hydrogens (tertiary/aromatic N) is 3. The Hall–Kier alpha value is -3.63. The monoisotopic (exact) mass is 622 g/mol. The molecule has 0 saturated heterocycles. The molecule has 7 nitrogen and oxygen atoms in total. The Labute approximate surface area is 244 Å². The number of aromatic nitrogens is 3. The van der Waals surface area contributed by atoms with E-state index >= 15 is 0 Å². The third kappa shape index (κ3) is 6.39. The van der Waals surface area contributed by atoms with Gasteiger partial charge in [-0.1, -0.05) is 70.2 Å². The van der Waals surface area contributed by atoms with E-state index in [0.717, 1.165) is 15.6 Å². The second-order valence-corrected chi connectivity index (χ2v) is 11.4. The van der Waals surface area contributed by atoms with Crippen LogP contribution >= 0.6 is 27.7 Å². The Bertz CT molecular complexity index is 1540. The molecule has 1 aliphatic heterocycles. The minimum absolute atomic E-state index is 0.270. The van der Waals surface area contributed by atoms with Crippen LogP contribution in [0.3, 0.4) is 0 Å². The average molecular weight is 624 g/mol. The molecular formula is C30H28BrFN4O3S. The van der Waals surface area contributed by atoms with Crippen molar-refractivity contribution in [3.8, 4) is 5.75 Å². The normalized spacial score (nSPS) is 14.6. The Morgan fingerprint density at radius 3 is 2.52 bits per heavy atom. The number of halogens is 2. The molecule has 1 unspecified atom stereocenters. The summed E-state index contributed by atoms with van der Waals surface area (Å²) in [5.41, 5.74) is 3.52. The van der Waals surface area contributed by atoms with Gasteiger partial charge in [-0.05, 0) is 67.8 Å². The molecule has 0 saturated carbocycles. The lowest BCUT2D eigenvalue weighted by Crippen LogP contribution is -2.30. The standard InChI is InChI=1S/C30H28BrFN4O3S/c1-18(2)39-28(37)26-19(3)33-29-34-30(40-17-22-6-4-5-7-25(22)32)35-36(29)27(26)21-10-14-24(15-11-21)38-16-20-8-12-23(31)13-9-20/h4-15,18,27H,16-17H2,1-3H3,(H,33,34,35). The quantitative estimate of drug-likeness (QED) is 0.155. The molecule has 0 radical (unpaired) electrons. The van der Waals surface area contributed by atoms with E-state index < -0.39 is 12.0 Å². The molecule has 1 aromatic heterocycles. The summed E-state index contributed by atoms with van der Waals surface area (Å²) in [5, 5.41) is 8.38. The average Bonchev–Trinajstić information content (AvgIpc) is 3.34. The molecule has 5 rings (SSSR count). The predicted molar refractivity (Wildman–Crippen MR) is 157 cm³/mol. The summed E-state index contributed by atoms with van der Waals surface area (Å²) in [5.74, 6) is 0.874. The largest absolute Gasteiger partial charge is 0.489 e. The van der Waals surface area contributed by atoms with Gasteiger partial charge in [-0.25, -0.2) is 13.9 Å². The van der Waals surface area contributed by atoms with Crippen molar-refractivity contribution in [1.29, 1.82) is 0 Å². The van der Waals surface area contributed by atoms with Gasteiger partial charge in [0.2, 0.25) is 11.1 Å². The molecule has 0 amide bonds. The van der Waals surface area contributed by atoms with Gasteiger partial charge >= 0.3 is 5.97 Å². The highest BCUT2D eigenvalue weighted by atomic mass is 79.9. The number of ether oxygens (including phenoxy) is 2. The molecule has 2 heterocycles. The lowest BCUT2D eigenvalue weighted by atomic mass is 9.95. The number of benzene rings is 3. The van der Waals surface area contributed by atoms with Gasteiger partial charge in [-0.3, -0.25) is 0 Å². The maximum absolute atomic E-state index is 14.2. The molecule has 0 bridgehead atoms. The first-order valence-corrected chi connectivity index (χ1v) is 14.5. The van der Waals surface area contributed by atoms with E-state index in [1.807, 2.05) is 69.3 Å². The molecule has 4 aromatic rings. The van der Waals surface area contributed by atoms with Gasteiger partial charge in [0, 0.05) is 15.9 Å². The second-order valence-electron chi connectivity index (χ2n) is 9.55. The van der Waals surface area contributed by atoms with Crippen LogP contribution < -0.4 is 10.1 Å². The van der Waals surface area contributed by atoms with E-state index in [2.05, 4.69) is 26.2 Å². The van der Waals surface area contributed by atoms with Crippen LogP contribution in [0.2, 0.25) is 0 Å². The van der Waals surface area contributed by atoms with E-state index in [0.29, 0.717) is 46.0 Å². The topological polar surface area (TPSA) is 78.3 Å². The summed E-state index contributed by atoms with van der Waals surface area (Å²) in [6, 6.07) is 21.6. The lowest BCUT2D eigenvalue weighted by molar-refractivity contribution is -0.143. The summed E-state index contributed by atoms with van der Waals surface area (Å²) in [6.07, 6.45) is -0.285. The Balaban J connectivity index is 1.42. The molecule has 10 heteroatoms. The highest BCUT2D eigenvalue weighted by Gasteiger charge is 2.35. The number of allylic oxidation sites excluding steroid dienone is 1.